The van der Waals surface area contributed by atoms with Crippen molar-refractivity contribution in [3.05, 3.63) is 15.8 Å². The monoisotopic (exact) mass is 213 g/mol. The van der Waals surface area contributed by atoms with Crippen LogP contribution >= 0.6 is 11.3 Å². The maximum atomic E-state index is 12.3. The third kappa shape index (κ3) is 2.03. The molecule has 1 rings (SSSR count). The maximum Gasteiger partial charge on any atom is 0.427 e. The van der Waals surface area contributed by atoms with Gasteiger partial charge in [-0.2, -0.15) is 17.6 Å². The van der Waals surface area contributed by atoms with E-state index in [0.29, 0.717) is 0 Å². The van der Waals surface area contributed by atoms with Crippen molar-refractivity contribution in [1.82, 2.24) is 4.98 Å². The summed E-state index contributed by atoms with van der Waals surface area (Å²) in [4.78, 5) is 12.2. The van der Waals surface area contributed by atoms with Gasteiger partial charge in [0.25, 0.3) is 5.26 Å². The normalized spacial score (nSPS) is 11.8. The highest BCUT2D eigenvalue weighted by molar-refractivity contribution is 7.10. The van der Waals surface area contributed by atoms with Crippen LogP contribution in [0.3, 0.4) is 0 Å². The van der Waals surface area contributed by atoms with Crippen LogP contribution < -0.4 is 0 Å². The van der Waals surface area contributed by atoms with Crippen LogP contribution in [-0.2, 0) is 6.18 Å². The molecule has 0 amide bonds. The Morgan fingerprint density at radius 1 is 1.46 bits per heavy atom. The second kappa shape index (κ2) is 3.06. The van der Waals surface area contributed by atoms with Gasteiger partial charge >= 0.3 is 6.18 Å². The fourth-order valence-electron chi connectivity index (χ4n) is 0.725. The molecule has 0 radical (unpaired) electrons. The number of rotatable bonds is 1. The van der Waals surface area contributed by atoms with Gasteiger partial charge in [-0.05, 0) is 0 Å². The predicted molar refractivity (Wildman–Crippen MR) is 37.1 cm³/mol. The molecule has 0 N–H and O–H groups in total. The number of thiazole rings is 1. The molecule has 1 heterocycles. The summed E-state index contributed by atoms with van der Waals surface area (Å²) < 4.78 is 48.6. The van der Waals surface area contributed by atoms with Crippen LogP contribution in [0.25, 0.3) is 0 Å². The summed E-state index contributed by atoms with van der Waals surface area (Å²) in [6.45, 7) is 0.906. The number of ketones is 1. The first-order valence-corrected chi connectivity index (χ1v) is 3.88. The van der Waals surface area contributed by atoms with E-state index in [1.165, 1.54) is 0 Å². The van der Waals surface area contributed by atoms with Crippen molar-refractivity contribution < 1.29 is 22.4 Å². The molecule has 2 nitrogen and oxygen atoms in total. The fourth-order valence-corrected chi connectivity index (χ4v) is 1.43. The van der Waals surface area contributed by atoms with Gasteiger partial charge in [-0.25, -0.2) is 4.98 Å². The van der Waals surface area contributed by atoms with Gasteiger partial charge < -0.3 is 0 Å². The average molecular weight is 213 g/mol. The van der Waals surface area contributed by atoms with Gasteiger partial charge in [0.15, 0.2) is 5.78 Å². The molecule has 0 saturated heterocycles. The first kappa shape index (κ1) is 10.1. The number of alkyl halides is 3. The number of hydrogen-bond acceptors (Lipinski definition) is 3. The van der Waals surface area contributed by atoms with Crippen LogP contribution in [0.2, 0.25) is 0 Å². The first-order chi connectivity index (χ1) is 5.82. The summed E-state index contributed by atoms with van der Waals surface area (Å²) in [5.74, 6) is -0.896. The van der Waals surface area contributed by atoms with Crippen molar-refractivity contribution in [2.45, 2.75) is 13.1 Å². The van der Waals surface area contributed by atoms with Crippen LogP contribution in [0, 0.1) is 5.26 Å². The summed E-state index contributed by atoms with van der Waals surface area (Å²) in [5.41, 5.74) is -0.852. The third-order valence-electron chi connectivity index (χ3n) is 1.19. The van der Waals surface area contributed by atoms with Gasteiger partial charge in [0, 0.05) is 6.92 Å². The van der Waals surface area contributed by atoms with Gasteiger partial charge in [0.2, 0.25) is 0 Å². The maximum absolute atomic E-state index is 12.3. The molecule has 0 unspecified atom stereocenters. The largest absolute Gasteiger partial charge is 0.427 e. The molecule has 13 heavy (non-hydrogen) atoms. The minimum Gasteiger partial charge on any atom is -0.293 e. The minimum atomic E-state index is -4.72. The summed E-state index contributed by atoms with van der Waals surface area (Å²) in [6.07, 6.45) is -4.72. The topological polar surface area (TPSA) is 30.0 Å². The van der Waals surface area contributed by atoms with Gasteiger partial charge in [-0.1, -0.05) is 11.3 Å². The Hall–Kier alpha value is -0.980. The lowest BCUT2D eigenvalue weighted by Gasteiger charge is -2.02. The van der Waals surface area contributed by atoms with Gasteiger partial charge in [-0.15, -0.1) is 0 Å². The van der Waals surface area contributed by atoms with Crippen LogP contribution in [0.5, 0.6) is 0 Å². The summed E-state index contributed by atoms with van der Waals surface area (Å²) in [6, 6.07) is 0. The quantitative estimate of drug-likeness (QED) is 0.530. The zero-order valence-corrected chi connectivity index (χ0v) is 7.09. The van der Waals surface area contributed by atoms with Crippen molar-refractivity contribution in [1.29, 1.82) is 0 Å². The molecular formula is C6H3F4NOS. The second-order valence-electron chi connectivity index (χ2n) is 2.20. The predicted octanol–water partition coefficient (Wildman–Crippen LogP) is 2.50. The molecule has 0 aliphatic rings. The molecule has 0 spiro atoms. The van der Waals surface area contributed by atoms with Crippen molar-refractivity contribution in [3.63, 3.8) is 0 Å². The van der Waals surface area contributed by atoms with E-state index in [2.05, 4.69) is 4.98 Å². The van der Waals surface area contributed by atoms with E-state index >= 15 is 0 Å². The van der Waals surface area contributed by atoms with E-state index < -0.39 is 27.8 Å². The van der Waals surface area contributed by atoms with E-state index in [0.717, 1.165) is 6.92 Å². The Morgan fingerprint density at radius 2 is 2.00 bits per heavy atom. The van der Waals surface area contributed by atoms with Crippen molar-refractivity contribution in [2.75, 3.05) is 0 Å². The highest BCUT2D eigenvalue weighted by atomic mass is 32.1. The van der Waals surface area contributed by atoms with E-state index in [9.17, 15) is 22.4 Å². The molecule has 0 aromatic carbocycles. The Bertz CT molecular complexity index is 343. The molecule has 0 aliphatic heterocycles. The lowest BCUT2D eigenvalue weighted by atomic mass is 10.3. The molecule has 1 aromatic heterocycles. The molecule has 0 saturated carbocycles. The zero-order valence-electron chi connectivity index (χ0n) is 6.28. The Kier molecular flexibility index (Phi) is 2.38. The van der Waals surface area contributed by atoms with Gasteiger partial charge in [-0.3, -0.25) is 4.79 Å². The lowest BCUT2D eigenvalue weighted by molar-refractivity contribution is -0.134. The second-order valence-corrected chi connectivity index (χ2v) is 3.15. The number of Topliss-reactive ketones (excluding diaryl/α,β-unsaturated/α-hetero) is 1. The van der Waals surface area contributed by atoms with Crippen LogP contribution in [0.4, 0.5) is 17.6 Å². The number of nitrogens with zero attached hydrogens (tertiary/aromatic N) is 1. The van der Waals surface area contributed by atoms with Crippen LogP contribution in [0.15, 0.2) is 0 Å². The minimum absolute atomic E-state index is 0.174. The molecular weight excluding hydrogens is 210 g/mol. The first-order valence-electron chi connectivity index (χ1n) is 3.07. The smallest absolute Gasteiger partial charge is 0.293 e. The van der Waals surface area contributed by atoms with E-state index in [4.69, 9.17) is 0 Å². The highest BCUT2D eigenvalue weighted by Crippen LogP contribution is 2.35. The number of halogens is 4. The number of aromatic nitrogens is 1. The van der Waals surface area contributed by atoms with Crippen LogP contribution in [-0.4, -0.2) is 10.8 Å². The summed E-state index contributed by atoms with van der Waals surface area (Å²) >= 11 is -0.174. The molecule has 0 aliphatic carbocycles. The molecule has 72 valence electrons. The molecule has 7 heteroatoms. The van der Waals surface area contributed by atoms with Crippen molar-refractivity contribution in [2.24, 2.45) is 0 Å². The highest BCUT2D eigenvalue weighted by Gasteiger charge is 2.38. The number of hydrogen-bond donors (Lipinski definition) is 0. The van der Waals surface area contributed by atoms with Gasteiger partial charge in [0.05, 0.1) is 0 Å². The van der Waals surface area contributed by atoms with Gasteiger partial charge in [0.1, 0.15) is 10.6 Å². The number of carbonyl (C=O) groups excluding carboxylic acids is 1. The summed E-state index contributed by atoms with van der Waals surface area (Å²) in [5, 5.41) is -1.25. The molecule has 0 bridgehead atoms. The average Bonchev–Trinajstić information content (AvgIpc) is 2.29. The Morgan fingerprint density at radius 3 is 2.31 bits per heavy atom. The Labute approximate surface area is 74.2 Å². The van der Waals surface area contributed by atoms with E-state index in [-0.39, 0.29) is 11.3 Å². The fraction of sp³-hybridized carbons (Fsp3) is 0.333. The van der Waals surface area contributed by atoms with E-state index in [1.807, 2.05) is 0 Å². The number of carbonyl (C=O) groups is 1. The van der Waals surface area contributed by atoms with Crippen LogP contribution in [0.1, 0.15) is 22.3 Å². The zero-order chi connectivity index (χ0) is 10.2. The Balaban J connectivity index is 3.28. The van der Waals surface area contributed by atoms with Crippen molar-refractivity contribution >= 4 is 17.1 Å². The summed E-state index contributed by atoms with van der Waals surface area (Å²) in [7, 11) is 0. The molecule has 1 aromatic rings. The molecule has 0 atom stereocenters. The SMILES string of the molecule is CC(=O)c1nc(F)sc1C(F)(F)F. The van der Waals surface area contributed by atoms with E-state index in [1.54, 1.807) is 0 Å². The lowest BCUT2D eigenvalue weighted by Crippen LogP contribution is -2.08. The standard InChI is InChI=1S/C6H3F4NOS/c1-2(12)3-4(6(8,9)10)13-5(7)11-3/h1H3. The van der Waals surface area contributed by atoms with Crippen molar-refractivity contribution in [3.8, 4) is 0 Å². The third-order valence-corrected chi connectivity index (χ3v) is 2.08. The molecule has 0 fully saturated rings.